The summed E-state index contributed by atoms with van der Waals surface area (Å²) in [5.41, 5.74) is 3.13. The number of anilines is 2. The number of phenols is 2. The van der Waals surface area contributed by atoms with Crippen LogP contribution in [0.25, 0.3) is 0 Å². The lowest BCUT2D eigenvalue weighted by Crippen LogP contribution is -2.14. The first-order valence-electron chi connectivity index (χ1n) is 14.8. The van der Waals surface area contributed by atoms with Gasteiger partial charge in [0.2, 0.25) is 0 Å². The van der Waals surface area contributed by atoms with Gasteiger partial charge in [-0.15, -0.1) is 0 Å². The summed E-state index contributed by atoms with van der Waals surface area (Å²) in [6.07, 6.45) is 12.8. The molecular formula is C34H44N2O4. The summed E-state index contributed by atoms with van der Waals surface area (Å²) in [7, 11) is 0. The standard InChI is InChI=1S/C34H44N2O4/c1-3-5-7-9-11-15-25-17-13-19-29(31(25)37)33(39)35-27-21-23-28(24-22-27)36-34(40)30-20-14-18-26(32(30)38)16-12-10-8-6-4-2/h13-14,17-24,37-38H,3-12,15-16H2,1-2H3,(H,35,39)(H,36,40). The molecule has 0 aliphatic rings. The van der Waals surface area contributed by atoms with Crippen molar-refractivity contribution in [1.29, 1.82) is 0 Å². The van der Waals surface area contributed by atoms with Crippen LogP contribution in [0.3, 0.4) is 0 Å². The largest absolute Gasteiger partial charge is 0.507 e. The predicted molar refractivity (Wildman–Crippen MR) is 163 cm³/mol. The molecule has 0 radical (unpaired) electrons. The van der Waals surface area contributed by atoms with Crippen LogP contribution in [0.1, 0.15) is 110 Å². The van der Waals surface area contributed by atoms with Gasteiger partial charge in [-0.05, 0) is 73.2 Å². The number of unbranched alkanes of at least 4 members (excludes halogenated alkanes) is 8. The Morgan fingerprint density at radius 1 is 0.550 bits per heavy atom. The second kappa shape index (κ2) is 16.3. The van der Waals surface area contributed by atoms with Crippen molar-refractivity contribution in [2.45, 2.75) is 90.9 Å². The lowest BCUT2D eigenvalue weighted by molar-refractivity contribution is 0.101. The van der Waals surface area contributed by atoms with Crippen molar-refractivity contribution in [3.63, 3.8) is 0 Å². The molecular weight excluding hydrogens is 500 g/mol. The van der Waals surface area contributed by atoms with Crippen LogP contribution in [0.4, 0.5) is 11.4 Å². The SMILES string of the molecule is CCCCCCCc1cccc(C(=O)Nc2ccc(NC(=O)c3cccc(CCCCCCC)c3O)cc2)c1O. The van der Waals surface area contributed by atoms with Gasteiger partial charge in [0.1, 0.15) is 11.5 Å². The summed E-state index contributed by atoms with van der Waals surface area (Å²) in [6.45, 7) is 4.36. The third-order valence-corrected chi connectivity index (χ3v) is 7.23. The van der Waals surface area contributed by atoms with Crippen LogP contribution in [-0.2, 0) is 12.8 Å². The fraction of sp³-hybridized carbons (Fsp3) is 0.412. The van der Waals surface area contributed by atoms with Crippen LogP contribution in [0.5, 0.6) is 11.5 Å². The molecule has 0 fully saturated rings. The van der Waals surface area contributed by atoms with Crippen LogP contribution < -0.4 is 10.6 Å². The van der Waals surface area contributed by atoms with E-state index in [9.17, 15) is 19.8 Å². The minimum atomic E-state index is -0.390. The molecule has 6 nitrogen and oxygen atoms in total. The van der Waals surface area contributed by atoms with E-state index in [-0.39, 0.29) is 22.6 Å². The number of aromatic hydroxyl groups is 2. The van der Waals surface area contributed by atoms with Crippen LogP contribution in [0, 0.1) is 0 Å². The van der Waals surface area contributed by atoms with E-state index in [1.165, 1.54) is 38.5 Å². The molecule has 2 amide bonds. The molecule has 0 unspecified atom stereocenters. The zero-order valence-corrected chi connectivity index (χ0v) is 24.0. The first kappa shape index (κ1) is 30.7. The molecule has 3 rings (SSSR count). The number of hydrogen-bond donors (Lipinski definition) is 4. The molecule has 3 aromatic rings. The summed E-state index contributed by atoms with van der Waals surface area (Å²) in [6, 6.07) is 17.3. The van der Waals surface area contributed by atoms with Gasteiger partial charge in [0, 0.05) is 11.4 Å². The van der Waals surface area contributed by atoms with E-state index in [0.717, 1.165) is 49.7 Å². The molecule has 0 aromatic heterocycles. The summed E-state index contributed by atoms with van der Waals surface area (Å²) >= 11 is 0. The zero-order valence-electron chi connectivity index (χ0n) is 24.0. The van der Waals surface area contributed by atoms with Crippen LogP contribution in [0.15, 0.2) is 60.7 Å². The number of para-hydroxylation sites is 2. The van der Waals surface area contributed by atoms with E-state index < -0.39 is 11.8 Å². The molecule has 0 aliphatic heterocycles. The first-order chi connectivity index (χ1) is 19.4. The van der Waals surface area contributed by atoms with E-state index in [4.69, 9.17) is 0 Å². The number of nitrogens with one attached hydrogen (secondary N) is 2. The van der Waals surface area contributed by atoms with E-state index in [1.807, 2.05) is 12.1 Å². The Hall–Kier alpha value is -3.80. The second-order valence-corrected chi connectivity index (χ2v) is 10.4. The van der Waals surface area contributed by atoms with Gasteiger partial charge in [0.25, 0.3) is 11.8 Å². The highest BCUT2D eigenvalue weighted by atomic mass is 16.3. The Kier molecular flexibility index (Phi) is 12.6. The Balaban J connectivity index is 1.56. The van der Waals surface area contributed by atoms with Crippen molar-refractivity contribution in [1.82, 2.24) is 0 Å². The minimum absolute atomic E-state index is 0.0300. The maximum Gasteiger partial charge on any atom is 0.259 e. The Bertz CT molecular complexity index is 1140. The Morgan fingerprint density at radius 2 is 0.925 bits per heavy atom. The maximum atomic E-state index is 12.9. The molecule has 0 saturated heterocycles. The van der Waals surface area contributed by atoms with Crippen molar-refractivity contribution < 1.29 is 19.8 Å². The van der Waals surface area contributed by atoms with Crippen LogP contribution in [0.2, 0.25) is 0 Å². The Labute approximate surface area is 238 Å². The summed E-state index contributed by atoms with van der Waals surface area (Å²) in [5.74, 6) is -0.721. The number of phenolic OH excluding ortho intramolecular Hbond substituents is 2. The minimum Gasteiger partial charge on any atom is -0.507 e. The van der Waals surface area contributed by atoms with Crippen LogP contribution in [-0.4, -0.2) is 22.0 Å². The van der Waals surface area contributed by atoms with Gasteiger partial charge in [-0.1, -0.05) is 89.5 Å². The van der Waals surface area contributed by atoms with E-state index in [2.05, 4.69) is 24.5 Å². The zero-order chi connectivity index (χ0) is 28.7. The molecule has 0 saturated carbocycles. The number of carbonyl (C=O) groups excluding carboxylic acids is 2. The smallest absolute Gasteiger partial charge is 0.259 e. The molecule has 0 aliphatic carbocycles. The lowest BCUT2D eigenvalue weighted by atomic mass is 10.0. The normalized spacial score (nSPS) is 10.8. The number of rotatable bonds is 16. The molecule has 4 N–H and O–H groups in total. The summed E-state index contributed by atoms with van der Waals surface area (Å²) in [5, 5.41) is 27.0. The van der Waals surface area contributed by atoms with Crippen LogP contribution >= 0.6 is 0 Å². The Morgan fingerprint density at radius 3 is 1.30 bits per heavy atom. The average molecular weight is 545 g/mol. The summed E-state index contributed by atoms with van der Waals surface area (Å²) in [4.78, 5) is 25.8. The van der Waals surface area contributed by atoms with Crippen molar-refractivity contribution in [2.24, 2.45) is 0 Å². The predicted octanol–water partition coefficient (Wildman–Crippen LogP) is 8.63. The number of benzene rings is 3. The fourth-order valence-corrected chi connectivity index (χ4v) is 4.82. The number of amides is 2. The second-order valence-electron chi connectivity index (χ2n) is 10.4. The molecule has 0 heterocycles. The maximum absolute atomic E-state index is 12.9. The third kappa shape index (κ3) is 9.15. The molecule has 6 heteroatoms. The average Bonchev–Trinajstić information content (AvgIpc) is 2.95. The third-order valence-electron chi connectivity index (χ3n) is 7.23. The highest BCUT2D eigenvalue weighted by molar-refractivity contribution is 6.07. The van der Waals surface area contributed by atoms with E-state index in [1.54, 1.807) is 48.5 Å². The number of aryl methyl sites for hydroxylation is 2. The molecule has 0 spiro atoms. The number of carbonyl (C=O) groups is 2. The van der Waals surface area contributed by atoms with E-state index in [0.29, 0.717) is 11.4 Å². The van der Waals surface area contributed by atoms with Gasteiger partial charge < -0.3 is 20.8 Å². The molecule has 40 heavy (non-hydrogen) atoms. The molecule has 214 valence electrons. The van der Waals surface area contributed by atoms with Gasteiger partial charge >= 0.3 is 0 Å². The van der Waals surface area contributed by atoms with Crippen molar-refractivity contribution in [2.75, 3.05) is 10.6 Å². The topological polar surface area (TPSA) is 98.7 Å². The highest BCUT2D eigenvalue weighted by Gasteiger charge is 2.16. The van der Waals surface area contributed by atoms with Gasteiger partial charge in [-0.2, -0.15) is 0 Å². The fourth-order valence-electron chi connectivity index (χ4n) is 4.82. The molecule has 0 atom stereocenters. The number of hydrogen-bond acceptors (Lipinski definition) is 4. The monoisotopic (exact) mass is 544 g/mol. The molecule has 3 aromatic carbocycles. The lowest BCUT2D eigenvalue weighted by Gasteiger charge is -2.12. The first-order valence-corrected chi connectivity index (χ1v) is 14.8. The van der Waals surface area contributed by atoms with Crippen molar-refractivity contribution in [3.05, 3.63) is 82.9 Å². The van der Waals surface area contributed by atoms with Gasteiger partial charge in [-0.25, -0.2) is 0 Å². The quantitative estimate of drug-likeness (QED) is 0.136. The molecule has 0 bridgehead atoms. The van der Waals surface area contributed by atoms with Crippen molar-refractivity contribution >= 4 is 23.2 Å². The van der Waals surface area contributed by atoms with Gasteiger partial charge in [0.05, 0.1) is 11.1 Å². The highest BCUT2D eigenvalue weighted by Crippen LogP contribution is 2.27. The van der Waals surface area contributed by atoms with Gasteiger partial charge in [0.15, 0.2) is 0 Å². The summed E-state index contributed by atoms with van der Waals surface area (Å²) < 4.78 is 0. The van der Waals surface area contributed by atoms with E-state index >= 15 is 0 Å². The van der Waals surface area contributed by atoms with Gasteiger partial charge in [-0.3, -0.25) is 9.59 Å². The van der Waals surface area contributed by atoms with Crippen molar-refractivity contribution in [3.8, 4) is 11.5 Å².